The van der Waals surface area contributed by atoms with E-state index >= 15 is 0 Å². The summed E-state index contributed by atoms with van der Waals surface area (Å²) in [7, 11) is 1.07. The lowest BCUT2D eigenvalue weighted by Gasteiger charge is -2.40. The molecule has 0 aromatic carbocycles. The summed E-state index contributed by atoms with van der Waals surface area (Å²) in [5.41, 5.74) is 0. The summed E-state index contributed by atoms with van der Waals surface area (Å²) in [6.45, 7) is 2.31. The van der Waals surface area contributed by atoms with E-state index in [0.717, 1.165) is 74.3 Å². The lowest BCUT2D eigenvalue weighted by molar-refractivity contribution is -0.252. The number of ether oxygens (including phenoxy) is 1. The number of nitrogens with one attached hydrogen (secondary N) is 4. The second-order valence-corrected chi connectivity index (χ2v) is 15.1. The van der Waals surface area contributed by atoms with E-state index < -0.39 is 61.4 Å². The fourth-order valence-corrected chi connectivity index (χ4v) is 6.27. The number of nitroso groups, excluding NO2 is 4. The van der Waals surface area contributed by atoms with Crippen LogP contribution < -0.4 is 21.3 Å². The zero-order valence-electron chi connectivity index (χ0n) is 33.9. The molecule has 2 saturated carbocycles. The normalized spacial score (nSPS) is 23.1. The van der Waals surface area contributed by atoms with Crippen molar-refractivity contribution < 1.29 is 44.3 Å². The third kappa shape index (κ3) is 22.9. The van der Waals surface area contributed by atoms with Crippen molar-refractivity contribution in [3.8, 4) is 0 Å². The molecule has 1 heterocycles. The smallest absolute Gasteiger partial charge is 0.340 e. The Bertz CT molecular complexity index is 1310. The van der Waals surface area contributed by atoms with E-state index in [-0.39, 0.29) is 49.4 Å². The van der Waals surface area contributed by atoms with Crippen LogP contribution in [0.3, 0.4) is 0 Å². The van der Waals surface area contributed by atoms with Crippen LogP contribution in [-0.4, -0.2) is 171 Å². The quantitative estimate of drug-likeness (QED) is 0.0628. The summed E-state index contributed by atoms with van der Waals surface area (Å²) in [6, 6.07) is -3.42. The van der Waals surface area contributed by atoms with Gasteiger partial charge < -0.3 is 46.4 Å². The summed E-state index contributed by atoms with van der Waals surface area (Å²) in [6.07, 6.45) is 3.81. The predicted molar refractivity (Wildman–Crippen MR) is 225 cm³/mol. The van der Waals surface area contributed by atoms with Crippen LogP contribution in [0.1, 0.15) is 64.7 Å². The lowest BCUT2D eigenvalue weighted by atomic mass is 9.87. The van der Waals surface area contributed by atoms with Crippen molar-refractivity contribution in [3.63, 3.8) is 0 Å². The monoisotopic (exact) mass is 958 g/mol. The highest BCUT2D eigenvalue weighted by atomic mass is 35.5. The van der Waals surface area contributed by atoms with Gasteiger partial charge in [0.25, 0.3) is 0 Å². The fourth-order valence-electron chi connectivity index (χ4n) is 5.70. The van der Waals surface area contributed by atoms with E-state index in [2.05, 4.69) is 49.3 Å². The van der Waals surface area contributed by atoms with Crippen LogP contribution in [0.25, 0.3) is 0 Å². The van der Waals surface area contributed by atoms with Gasteiger partial charge in [-0.25, -0.2) is 19.2 Å². The van der Waals surface area contributed by atoms with Gasteiger partial charge in [-0.15, -0.1) is 66.0 Å². The van der Waals surface area contributed by atoms with Crippen molar-refractivity contribution in [1.82, 2.24) is 41.3 Å². The Morgan fingerprint density at radius 2 is 1.08 bits per heavy atom. The Morgan fingerprint density at radius 3 is 1.49 bits per heavy atom. The first kappa shape index (κ1) is 57.4. The van der Waals surface area contributed by atoms with Crippen molar-refractivity contribution in [3.05, 3.63) is 19.6 Å². The number of alkyl halides is 4. The van der Waals surface area contributed by atoms with Crippen LogP contribution in [0.2, 0.25) is 0 Å². The van der Waals surface area contributed by atoms with Crippen molar-refractivity contribution in [2.75, 3.05) is 63.4 Å². The highest BCUT2D eigenvalue weighted by molar-refractivity contribution is 6.18. The molecule has 3 aliphatic rings. The number of urea groups is 4. The minimum absolute atomic E-state index is 0.0964. The Labute approximate surface area is 372 Å². The van der Waals surface area contributed by atoms with Crippen LogP contribution >= 0.6 is 46.4 Å². The van der Waals surface area contributed by atoms with Gasteiger partial charge in [-0.2, -0.15) is 20.0 Å². The molecule has 8 N–H and O–H groups in total. The van der Waals surface area contributed by atoms with E-state index in [1.807, 2.05) is 0 Å². The SMILES string of the molecule is CC1CCC(NC(=O)N(CCCl)N=O)CC1.CN(N=O)C(=O)N[C@@H]1[C@@H](O)[C@H](O)[C@@H](CO)O[C@@H]1O.O=NN(CCCl)C(=O)NC1CCCCC1.O=NN(CCCl)C(=O)NCCCl. The Balaban J connectivity index is 0.000000795. The van der Waals surface area contributed by atoms with Gasteiger partial charge in [0.1, 0.15) is 24.4 Å². The maximum atomic E-state index is 11.6. The molecule has 5 atom stereocenters. The van der Waals surface area contributed by atoms with Crippen molar-refractivity contribution in [1.29, 1.82) is 0 Å². The number of amides is 8. The Kier molecular flexibility index (Phi) is 32.0. The molecule has 0 aromatic heterocycles. The zero-order chi connectivity index (χ0) is 46.3. The van der Waals surface area contributed by atoms with E-state index in [1.165, 1.54) is 6.42 Å². The second kappa shape index (κ2) is 34.0. The van der Waals surface area contributed by atoms with E-state index in [1.54, 1.807) is 0 Å². The fraction of sp³-hybridized carbons (Fsp3) is 0.875. The first-order valence-corrected chi connectivity index (χ1v) is 21.4. The molecular weight excluding hydrogens is 902 g/mol. The number of rotatable bonds is 16. The molecule has 8 amide bonds. The third-order valence-corrected chi connectivity index (χ3v) is 9.84. The largest absolute Gasteiger partial charge is 0.394 e. The number of nitrogens with zero attached hydrogens (tertiary/aromatic N) is 8. The first-order valence-electron chi connectivity index (χ1n) is 19.3. The number of hydrogen-bond acceptors (Lipinski definition) is 17. The van der Waals surface area contributed by atoms with Gasteiger partial charge in [-0.1, -0.05) is 26.2 Å². The summed E-state index contributed by atoms with van der Waals surface area (Å²) in [5, 5.41) is 60.5. The van der Waals surface area contributed by atoms with Crippen LogP contribution in [0.4, 0.5) is 19.2 Å². The van der Waals surface area contributed by atoms with Gasteiger partial charge in [0.2, 0.25) is 0 Å². The highest BCUT2D eigenvalue weighted by Gasteiger charge is 2.44. The molecule has 3 rings (SSSR count). The topological polar surface area (TPSA) is 337 Å². The molecule has 0 unspecified atom stereocenters. The van der Waals surface area contributed by atoms with E-state index in [9.17, 15) is 54.1 Å². The number of halogens is 4. The lowest BCUT2D eigenvalue weighted by Crippen LogP contribution is -2.64. The average Bonchev–Trinajstić information content (AvgIpc) is 3.26. The second-order valence-electron chi connectivity index (χ2n) is 13.6. The molecule has 1 aliphatic heterocycles. The standard InChI is InChI=1S/C10H18ClN3O2.C9H16ClN3O2.C8H15N3O7.C5H9Cl2N3O2/c1-8-2-4-9(5-3-8)12-10(15)14(13-16)7-6-11;10-6-7-13(12-15)9(14)11-8-4-2-1-3-5-8;1-11(10-17)8(16)9-4-6(14)5(13)3(2-12)18-7(4)15;6-1-3-8-5(11)10(9-12)4-2-7/h8-9H,2-7H2,1H3,(H,12,15);8H,1-7H2,(H,11,14);3-7,12-15H,2H2,1H3,(H,9,16);1-4H2,(H,8,11)/t;;3-,4-,5-,6-,7+;/m..1./s1. The minimum Gasteiger partial charge on any atom is -0.394 e. The van der Waals surface area contributed by atoms with Gasteiger partial charge in [-0.05, 0) is 44.4 Å². The highest BCUT2D eigenvalue weighted by Crippen LogP contribution is 2.24. The van der Waals surface area contributed by atoms with Crippen molar-refractivity contribution >= 4 is 70.5 Å². The van der Waals surface area contributed by atoms with Crippen molar-refractivity contribution in [2.45, 2.75) is 107 Å². The molecule has 0 bridgehead atoms. The molecule has 2 aliphatic carbocycles. The maximum Gasteiger partial charge on any atom is 0.340 e. The summed E-state index contributed by atoms with van der Waals surface area (Å²) >= 11 is 21.5. The van der Waals surface area contributed by atoms with E-state index in [0.29, 0.717) is 22.4 Å². The number of hydrogen-bond donors (Lipinski definition) is 8. The first-order chi connectivity index (χ1) is 29.1. The number of carbonyl (C=O) groups excluding carboxylic acids is 4. The summed E-state index contributed by atoms with van der Waals surface area (Å²) < 4.78 is 4.80. The number of aliphatic hydroxyl groups excluding tert-OH is 4. The van der Waals surface area contributed by atoms with Gasteiger partial charge in [0, 0.05) is 49.2 Å². The molecule has 25 nitrogen and oxygen atoms in total. The zero-order valence-corrected chi connectivity index (χ0v) is 36.9. The molecule has 0 spiro atoms. The molecule has 3 fully saturated rings. The van der Waals surface area contributed by atoms with Gasteiger partial charge in [0.05, 0.1) is 47.4 Å². The predicted octanol–water partition coefficient (Wildman–Crippen LogP) is 3.01. The third-order valence-electron chi connectivity index (χ3n) is 9.14. The molecule has 61 heavy (non-hydrogen) atoms. The molecular formula is C32H58Cl4N12O13. The Hall–Kier alpha value is -3.56. The Morgan fingerprint density at radius 1 is 0.623 bits per heavy atom. The van der Waals surface area contributed by atoms with Gasteiger partial charge in [0.15, 0.2) is 6.29 Å². The van der Waals surface area contributed by atoms with Gasteiger partial charge in [-0.3, -0.25) is 0 Å². The van der Waals surface area contributed by atoms with Crippen LogP contribution in [0.5, 0.6) is 0 Å². The van der Waals surface area contributed by atoms with Crippen LogP contribution in [0, 0.1) is 25.5 Å². The van der Waals surface area contributed by atoms with Gasteiger partial charge >= 0.3 is 24.1 Å². The average molecular weight is 961 g/mol. The summed E-state index contributed by atoms with van der Waals surface area (Å²) in [5.74, 6) is 1.61. The molecule has 352 valence electrons. The van der Waals surface area contributed by atoms with E-state index in [4.69, 9.17) is 56.2 Å². The number of aliphatic hydroxyl groups is 4. The number of carbonyl (C=O) groups is 4. The molecule has 0 radical (unpaired) electrons. The van der Waals surface area contributed by atoms with Crippen molar-refractivity contribution in [2.24, 2.45) is 27.1 Å². The molecule has 1 saturated heterocycles. The van der Waals surface area contributed by atoms with Crippen LogP contribution in [-0.2, 0) is 4.74 Å². The summed E-state index contributed by atoms with van der Waals surface area (Å²) in [4.78, 5) is 86.1. The van der Waals surface area contributed by atoms with Crippen LogP contribution in [0.15, 0.2) is 21.1 Å². The molecule has 0 aromatic rings. The molecule has 29 heteroatoms. The maximum absolute atomic E-state index is 11.6. The minimum atomic E-state index is -1.63.